The van der Waals surface area contributed by atoms with Gasteiger partial charge in [-0.25, -0.2) is 4.79 Å². The van der Waals surface area contributed by atoms with Crippen LogP contribution in [0.3, 0.4) is 0 Å². The smallest absolute Gasteiger partial charge is 0.354 e. The van der Waals surface area contributed by atoms with Gasteiger partial charge < -0.3 is 9.30 Å². The molecule has 0 unspecified atom stereocenters. The number of pyridine rings is 1. The third-order valence-electron chi connectivity index (χ3n) is 2.42. The minimum Gasteiger partial charge on any atom is -0.464 e. The molecular formula is C12H11BrN2O2. The molecule has 0 aromatic carbocycles. The molecule has 0 aliphatic heterocycles. The highest BCUT2D eigenvalue weighted by Gasteiger charge is 2.11. The van der Waals surface area contributed by atoms with Crippen LogP contribution in [-0.2, 0) is 11.3 Å². The van der Waals surface area contributed by atoms with E-state index in [0.717, 1.165) is 10.0 Å². The van der Waals surface area contributed by atoms with Crippen molar-refractivity contribution >= 4 is 21.9 Å². The van der Waals surface area contributed by atoms with Gasteiger partial charge in [0, 0.05) is 29.6 Å². The molecule has 0 saturated heterocycles. The Morgan fingerprint density at radius 2 is 2.35 bits per heavy atom. The molecule has 0 spiro atoms. The maximum atomic E-state index is 11.5. The van der Waals surface area contributed by atoms with Crippen LogP contribution in [0, 0.1) is 0 Å². The Hall–Kier alpha value is -1.62. The van der Waals surface area contributed by atoms with E-state index in [2.05, 4.69) is 20.9 Å². The van der Waals surface area contributed by atoms with Gasteiger partial charge in [-0.1, -0.05) is 0 Å². The van der Waals surface area contributed by atoms with Crippen LogP contribution in [0.25, 0.3) is 0 Å². The normalized spacial score (nSPS) is 10.2. The minimum atomic E-state index is -0.333. The summed E-state index contributed by atoms with van der Waals surface area (Å²) in [6.45, 7) is 0.598. The highest BCUT2D eigenvalue weighted by Crippen LogP contribution is 2.17. The van der Waals surface area contributed by atoms with E-state index in [1.54, 1.807) is 18.5 Å². The topological polar surface area (TPSA) is 44.1 Å². The molecule has 17 heavy (non-hydrogen) atoms. The average molecular weight is 295 g/mol. The molecule has 0 bridgehead atoms. The Bertz CT molecular complexity index is 537. The second-order valence-electron chi connectivity index (χ2n) is 3.48. The van der Waals surface area contributed by atoms with E-state index >= 15 is 0 Å². The molecule has 0 fully saturated rings. The van der Waals surface area contributed by atoms with Crippen molar-refractivity contribution in [1.29, 1.82) is 0 Å². The third-order valence-corrected chi connectivity index (χ3v) is 3.14. The van der Waals surface area contributed by atoms with Gasteiger partial charge in [-0.05, 0) is 39.7 Å². The SMILES string of the molecule is COC(=O)c1cccn1Cc1ccncc1Br. The summed E-state index contributed by atoms with van der Waals surface area (Å²) in [7, 11) is 1.38. The number of ether oxygens (including phenoxy) is 1. The molecular weight excluding hydrogens is 284 g/mol. The summed E-state index contributed by atoms with van der Waals surface area (Å²) in [5.41, 5.74) is 1.59. The fourth-order valence-electron chi connectivity index (χ4n) is 1.56. The predicted molar refractivity (Wildman–Crippen MR) is 66.8 cm³/mol. The number of esters is 1. The van der Waals surface area contributed by atoms with Gasteiger partial charge in [-0.15, -0.1) is 0 Å². The zero-order chi connectivity index (χ0) is 12.3. The average Bonchev–Trinajstić information content (AvgIpc) is 2.79. The molecule has 88 valence electrons. The number of carbonyl (C=O) groups is 1. The van der Waals surface area contributed by atoms with Crippen LogP contribution in [-0.4, -0.2) is 22.6 Å². The Morgan fingerprint density at radius 3 is 3.06 bits per heavy atom. The van der Waals surface area contributed by atoms with Crippen molar-refractivity contribution < 1.29 is 9.53 Å². The van der Waals surface area contributed by atoms with Crippen LogP contribution in [0.15, 0.2) is 41.3 Å². The van der Waals surface area contributed by atoms with Crippen molar-refractivity contribution in [3.63, 3.8) is 0 Å². The monoisotopic (exact) mass is 294 g/mol. The lowest BCUT2D eigenvalue weighted by atomic mass is 10.2. The van der Waals surface area contributed by atoms with Crippen molar-refractivity contribution in [2.24, 2.45) is 0 Å². The molecule has 4 nitrogen and oxygen atoms in total. The first-order valence-corrected chi connectivity index (χ1v) is 5.83. The number of carbonyl (C=O) groups excluding carboxylic acids is 1. The van der Waals surface area contributed by atoms with Crippen LogP contribution < -0.4 is 0 Å². The number of hydrogen-bond acceptors (Lipinski definition) is 3. The van der Waals surface area contributed by atoms with Gasteiger partial charge in [-0.3, -0.25) is 4.98 Å². The second-order valence-corrected chi connectivity index (χ2v) is 4.33. The molecule has 5 heteroatoms. The zero-order valence-electron chi connectivity index (χ0n) is 9.26. The Kier molecular flexibility index (Phi) is 3.58. The van der Waals surface area contributed by atoms with Gasteiger partial charge in [-0.2, -0.15) is 0 Å². The summed E-state index contributed by atoms with van der Waals surface area (Å²) >= 11 is 3.43. The van der Waals surface area contributed by atoms with Crippen molar-refractivity contribution in [3.8, 4) is 0 Å². The van der Waals surface area contributed by atoms with Crippen LogP contribution >= 0.6 is 15.9 Å². The number of aromatic nitrogens is 2. The molecule has 2 heterocycles. The van der Waals surface area contributed by atoms with Crippen molar-refractivity contribution in [3.05, 3.63) is 52.5 Å². The summed E-state index contributed by atoms with van der Waals surface area (Å²) in [6.07, 6.45) is 5.30. The quantitative estimate of drug-likeness (QED) is 0.817. The van der Waals surface area contributed by atoms with Gasteiger partial charge in [0.2, 0.25) is 0 Å². The second kappa shape index (κ2) is 5.14. The number of hydrogen-bond donors (Lipinski definition) is 0. The fraction of sp³-hybridized carbons (Fsp3) is 0.167. The van der Waals surface area contributed by atoms with Gasteiger partial charge in [0.05, 0.1) is 7.11 Å². The van der Waals surface area contributed by atoms with E-state index in [0.29, 0.717) is 12.2 Å². The van der Waals surface area contributed by atoms with E-state index in [9.17, 15) is 4.79 Å². The van der Waals surface area contributed by atoms with Crippen LogP contribution in [0.1, 0.15) is 16.1 Å². The van der Waals surface area contributed by atoms with E-state index < -0.39 is 0 Å². The van der Waals surface area contributed by atoms with Crippen LogP contribution in [0.5, 0.6) is 0 Å². The first-order chi connectivity index (χ1) is 8.22. The number of nitrogens with zero attached hydrogens (tertiary/aromatic N) is 2. The Labute approximate surface area is 107 Å². The number of methoxy groups -OCH3 is 1. The van der Waals surface area contributed by atoms with Crippen molar-refractivity contribution in [2.45, 2.75) is 6.54 Å². The highest BCUT2D eigenvalue weighted by molar-refractivity contribution is 9.10. The lowest BCUT2D eigenvalue weighted by Crippen LogP contribution is -2.11. The van der Waals surface area contributed by atoms with Gasteiger partial charge in [0.1, 0.15) is 5.69 Å². The largest absolute Gasteiger partial charge is 0.464 e. The summed E-state index contributed by atoms with van der Waals surface area (Å²) < 4.78 is 7.48. The first-order valence-electron chi connectivity index (χ1n) is 5.04. The van der Waals surface area contributed by atoms with E-state index in [1.165, 1.54) is 7.11 Å². The molecule has 2 aromatic heterocycles. The van der Waals surface area contributed by atoms with Crippen molar-refractivity contribution in [1.82, 2.24) is 9.55 Å². The molecule has 0 saturated carbocycles. The molecule has 0 aliphatic rings. The number of halogens is 1. The van der Waals surface area contributed by atoms with Gasteiger partial charge >= 0.3 is 5.97 Å². The zero-order valence-corrected chi connectivity index (χ0v) is 10.8. The molecule has 0 amide bonds. The lowest BCUT2D eigenvalue weighted by Gasteiger charge is -2.08. The highest BCUT2D eigenvalue weighted by atomic mass is 79.9. The molecule has 2 aromatic rings. The van der Waals surface area contributed by atoms with E-state index in [1.807, 2.05) is 22.9 Å². The Morgan fingerprint density at radius 1 is 1.53 bits per heavy atom. The standard InChI is InChI=1S/C12H11BrN2O2/c1-17-12(16)11-3-2-6-15(11)8-9-4-5-14-7-10(9)13/h2-7H,8H2,1H3. The minimum absolute atomic E-state index is 0.333. The van der Waals surface area contributed by atoms with E-state index in [-0.39, 0.29) is 5.97 Å². The Balaban J connectivity index is 2.28. The summed E-state index contributed by atoms with van der Waals surface area (Å²) in [6, 6.07) is 5.47. The summed E-state index contributed by atoms with van der Waals surface area (Å²) in [5.74, 6) is -0.333. The molecule has 0 aliphatic carbocycles. The molecule has 0 radical (unpaired) electrons. The summed E-state index contributed by atoms with van der Waals surface area (Å²) in [5, 5.41) is 0. The van der Waals surface area contributed by atoms with Gasteiger partial charge in [0.15, 0.2) is 0 Å². The van der Waals surface area contributed by atoms with Crippen LogP contribution in [0.4, 0.5) is 0 Å². The third kappa shape index (κ3) is 2.55. The molecule has 2 rings (SSSR count). The molecule has 0 atom stereocenters. The number of rotatable bonds is 3. The lowest BCUT2D eigenvalue weighted by molar-refractivity contribution is 0.0589. The molecule has 0 N–H and O–H groups in total. The van der Waals surface area contributed by atoms with Crippen LogP contribution in [0.2, 0.25) is 0 Å². The predicted octanol–water partition coefficient (Wildman–Crippen LogP) is 2.48. The maximum Gasteiger partial charge on any atom is 0.354 e. The van der Waals surface area contributed by atoms with E-state index in [4.69, 9.17) is 4.74 Å². The van der Waals surface area contributed by atoms with Gasteiger partial charge in [0.25, 0.3) is 0 Å². The van der Waals surface area contributed by atoms with Crippen molar-refractivity contribution in [2.75, 3.05) is 7.11 Å². The first kappa shape index (κ1) is 11.9. The maximum absolute atomic E-state index is 11.5. The fourth-order valence-corrected chi connectivity index (χ4v) is 1.93. The summed E-state index contributed by atoms with van der Waals surface area (Å²) in [4.78, 5) is 15.5.